The predicted octanol–water partition coefficient (Wildman–Crippen LogP) is 3.22. The summed E-state index contributed by atoms with van der Waals surface area (Å²) in [5.74, 6) is 0.218. The molecule has 0 N–H and O–H groups in total. The van der Waals surface area contributed by atoms with Gasteiger partial charge in [-0.2, -0.15) is 0 Å². The maximum Gasteiger partial charge on any atom is 0.514 e. The van der Waals surface area contributed by atoms with E-state index in [0.29, 0.717) is 0 Å². The van der Waals surface area contributed by atoms with Gasteiger partial charge < -0.3 is 9.47 Å². The highest BCUT2D eigenvalue weighted by atomic mass is 16.7. The maximum absolute atomic E-state index is 11.5. The van der Waals surface area contributed by atoms with E-state index in [1.54, 1.807) is 0 Å². The summed E-state index contributed by atoms with van der Waals surface area (Å²) < 4.78 is 10.0. The van der Waals surface area contributed by atoms with E-state index in [2.05, 4.69) is 0 Å². The molecule has 0 fully saturated rings. The molecule has 1 aliphatic rings. The molecular formula is C13H13NO5. The first kappa shape index (κ1) is 13.1. The number of benzene rings is 1. The van der Waals surface area contributed by atoms with E-state index in [1.807, 2.05) is 12.2 Å². The topological polar surface area (TPSA) is 78.7 Å². The van der Waals surface area contributed by atoms with Crippen LogP contribution in [-0.4, -0.2) is 17.2 Å². The highest BCUT2D eigenvalue weighted by molar-refractivity contribution is 5.64. The van der Waals surface area contributed by atoms with E-state index in [9.17, 15) is 14.9 Å². The van der Waals surface area contributed by atoms with Gasteiger partial charge in [0.1, 0.15) is 11.9 Å². The average Bonchev–Trinajstić information content (AvgIpc) is 2.40. The fourth-order valence-corrected chi connectivity index (χ4v) is 1.76. The van der Waals surface area contributed by atoms with Gasteiger partial charge in [0.05, 0.1) is 4.92 Å². The van der Waals surface area contributed by atoms with Crippen LogP contribution in [0.2, 0.25) is 0 Å². The molecule has 0 aromatic heterocycles. The number of nitro groups is 1. The molecule has 19 heavy (non-hydrogen) atoms. The lowest BCUT2D eigenvalue weighted by molar-refractivity contribution is -0.384. The summed E-state index contributed by atoms with van der Waals surface area (Å²) in [6.07, 6.45) is 5.51. The molecule has 100 valence electrons. The minimum Gasteiger partial charge on any atom is -0.426 e. The Hall–Kier alpha value is -2.37. The van der Waals surface area contributed by atoms with E-state index < -0.39 is 11.1 Å². The third-order valence-corrected chi connectivity index (χ3v) is 2.71. The highest BCUT2D eigenvalue weighted by Gasteiger charge is 2.15. The molecule has 1 aliphatic carbocycles. The van der Waals surface area contributed by atoms with Gasteiger partial charge in [-0.3, -0.25) is 10.1 Å². The number of rotatable bonds is 3. The molecule has 0 spiro atoms. The van der Waals surface area contributed by atoms with Crippen LogP contribution in [0.25, 0.3) is 0 Å². The molecule has 0 saturated heterocycles. The van der Waals surface area contributed by atoms with Gasteiger partial charge in [0.15, 0.2) is 0 Å². The molecule has 6 nitrogen and oxygen atoms in total. The molecule has 1 aromatic carbocycles. The van der Waals surface area contributed by atoms with Gasteiger partial charge >= 0.3 is 6.16 Å². The van der Waals surface area contributed by atoms with Crippen molar-refractivity contribution >= 4 is 11.8 Å². The van der Waals surface area contributed by atoms with Crippen molar-refractivity contribution in [1.29, 1.82) is 0 Å². The van der Waals surface area contributed by atoms with Crippen LogP contribution in [0.15, 0.2) is 36.4 Å². The number of carbonyl (C=O) groups is 1. The van der Waals surface area contributed by atoms with E-state index >= 15 is 0 Å². The van der Waals surface area contributed by atoms with Crippen LogP contribution < -0.4 is 4.74 Å². The minimum atomic E-state index is -0.801. The first-order valence-electron chi connectivity index (χ1n) is 5.95. The number of nitro benzene ring substituents is 1. The van der Waals surface area contributed by atoms with E-state index in [1.165, 1.54) is 24.3 Å². The SMILES string of the molecule is O=C(Oc1ccc([N+](=O)[O-])cc1)OC1C=CCCC1. The summed E-state index contributed by atoms with van der Waals surface area (Å²) in [6.45, 7) is 0. The quantitative estimate of drug-likeness (QED) is 0.275. The summed E-state index contributed by atoms with van der Waals surface area (Å²) in [6, 6.07) is 5.25. The molecule has 1 unspecified atom stereocenters. The van der Waals surface area contributed by atoms with Crippen molar-refractivity contribution in [2.45, 2.75) is 25.4 Å². The van der Waals surface area contributed by atoms with Gasteiger partial charge in [0.25, 0.3) is 5.69 Å². The fraction of sp³-hybridized carbons (Fsp3) is 0.308. The lowest BCUT2D eigenvalue weighted by Crippen LogP contribution is -2.20. The van der Waals surface area contributed by atoms with Crippen LogP contribution in [-0.2, 0) is 4.74 Å². The summed E-state index contributed by atoms with van der Waals surface area (Å²) >= 11 is 0. The Morgan fingerprint density at radius 2 is 2.05 bits per heavy atom. The lowest BCUT2D eigenvalue weighted by Gasteiger charge is -2.16. The molecule has 1 atom stereocenters. The van der Waals surface area contributed by atoms with Crippen LogP contribution in [0.1, 0.15) is 19.3 Å². The molecule has 1 aromatic rings. The molecular weight excluding hydrogens is 250 g/mol. The Bertz CT molecular complexity index is 494. The van der Waals surface area contributed by atoms with Crippen LogP contribution in [0.4, 0.5) is 10.5 Å². The van der Waals surface area contributed by atoms with Crippen molar-refractivity contribution in [1.82, 2.24) is 0 Å². The molecule has 0 heterocycles. The molecule has 0 amide bonds. The zero-order valence-corrected chi connectivity index (χ0v) is 10.2. The monoisotopic (exact) mass is 263 g/mol. The second-order valence-corrected chi connectivity index (χ2v) is 4.12. The maximum atomic E-state index is 11.5. The second-order valence-electron chi connectivity index (χ2n) is 4.12. The number of hydrogen-bond donors (Lipinski definition) is 0. The largest absolute Gasteiger partial charge is 0.514 e. The zero-order chi connectivity index (χ0) is 13.7. The minimum absolute atomic E-state index is 0.0593. The molecule has 2 rings (SSSR count). The third kappa shape index (κ3) is 3.80. The number of allylic oxidation sites excluding steroid dienone is 1. The number of hydrogen-bond acceptors (Lipinski definition) is 5. The summed E-state index contributed by atoms with van der Waals surface area (Å²) in [5.41, 5.74) is -0.0593. The van der Waals surface area contributed by atoms with Crippen molar-refractivity contribution in [3.05, 3.63) is 46.5 Å². The smallest absolute Gasteiger partial charge is 0.426 e. The summed E-state index contributed by atoms with van der Waals surface area (Å²) in [4.78, 5) is 21.4. The Kier molecular flexibility index (Phi) is 4.12. The second kappa shape index (κ2) is 5.99. The van der Waals surface area contributed by atoms with Gasteiger partial charge in [-0.05, 0) is 37.5 Å². The molecule has 0 aliphatic heterocycles. The number of nitrogens with zero attached hydrogens (tertiary/aromatic N) is 1. The third-order valence-electron chi connectivity index (χ3n) is 2.71. The molecule has 0 radical (unpaired) electrons. The van der Waals surface area contributed by atoms with Crippen LogP contribution in [0.3, 0.4) is 0 Å². The van der Waals surface area contributed by atoms with E-state index in [4.69, 9.17) is 9.47 Å². The van der Waals surface area contributed by atoms with E-state index in [0.717, 1.165) is 19.3 Å². The zero-order valence-electron chi connectivity index (χ0n) is 10.2. The molecule has 6 heteroatoms. The van der Waals surface area contributed by atoms with Gasteiger partial charge in [-0.1, -0.05) is 6.08 Å². The van der Waals surface area contributed by atoms with Crippen molar-refractivity contribution < 1.29 is 19.2 Å². The Morgan fingerprint density at radius 1 is 1.32 bits per heavy atom. The van der Waals surface area contributed by atoms with E-state index in [-0.39, 0.29) is 17.5 Å². The Labute approximate surface area is 109 Å². The van der Waals surface area contributed by atoms with Gasteiger partial charge in [0.2, 0.25) is 0 Å². The van der Waals surface area contributed by atoms with Crippen LogP contribution in [0, 0.1) is 10.1 Å². The van der Waals surface area contributed by atoms with Gasteiger partial charge in [0, 0.05) is 12.1 Å². The van der Waals surface area contributed by atoms with Gasteiger partial charge in [-0.25, -0.2) is 4.79 Å². The average molecular weight is 263 g/mol. The fourth-order valence-electron chi connectivity index (χ4n) is 1.76. The predicted molar refractivity (Wildman–Crippen MR) is 67.0 cm³/mol. The van der Waals surface area contributed by atoms with Crippen molar-refractivity contribution in [3.8, 4) is 5.75 Å². The van der Waals surface area contributed by atoms with Crippen molar-refractivity contribution in [2.24, 2.45) is 0 Å². The molecule has 0 bridgehead atoms. The van der Waals surface area contributed by atoms with Gasteiger partial charge in [-0.15, -0.1) is 0 Å². The first-order chi connectivity index (χ1) is 9.15. The number of carbonyl (C=O) groups excluding carboxylic acids is 1. The standard InChI is InChI=1S/C13H13NO5/c15-13(18-11-4-2-1-3-5-11)19-12-8-6-10(7-9-12)14(16)17/h2,4,6-9,11H,1,3,5H2. The lowest BCUT2D eigenvalue weighted by atomic mass is 10.1. The Morgan fingerprint density at radius 3 is 2.63 bits per heavy atom. The Balaban J connectivity index is 1.89. The molecule has 0 saturated carbocycles. The van der Waals surface area contributed by atoms with Crippen LogP contribution >= 0.6 is 0 Å². The summed E-state index contributed by atoms with van der Waals surface area (Å²) in [7, 11) is 0. The van der Waals surface area contributed by atoms with Crippen molar-refractivity contribution in [3.63, 3.8) is 0 Å². The van der Waals surface area contributed by atoms with Crippen molar-refractivity contribution in [2.75, 3.05) is 0 Å². The normalized spacial score (nSPS) is 17.8. The summed E-state index contributed by atoms with van der Waals surface area (Å²) in [5, 5.41) is 10.5. The number of ether oxygens (including phenoxy) is 2. The van der Waals surface area contributed by atoms with Crippen LogP contribution in [0.5, 0.6) is 5.75 Å². The number of non-ortho nitro benzene ring substituents is 1. The highest BCUT2D eigenvalue weighted by Crippen LogP contribution is 2.19. The first-order valence-corrected chi connectivity index (χ1v) is 5.95.